The monoisotopic (exact) mass is 371 g/mol. The van der Waals surface area contributed by atoms with E-state index in [1.807, 2.05) is 43.3 Å². The normalized spacial score (nSPS) is 28.5. The summed E-state index contributed by atoms with van der Waals surface area (Å²) >= 11 is 0. The lowest BCUT2D eigenvalue weighted by atomic mass is 9.81. The molecule has 2 heterocycles. The van der Waals surface area contributed by atoms with Crippen molar-refractivity contribution in [1.82, 2.24) is 9.80 Å². The minimum absolute atomic E-state index is 0.0195. The van der Waals surface area contributed by atoms with Crippen LogP contribution in [-0.4, -0.2) is 73.1 Å². The van der Waals surface area contributed by atoms with E-state index in [4.69, 9.17) is 0 Å². The Morgan fingerprint density at radius 2 is 1.81 bits per heavy atom. The second-order valence-electron chi connectivity index (χ2n) is 8.62. The molecule has 27 heavy (non-hydrogen) atoms. The number of aliphatic carboxylic acids is 1. The predicted molar refractivity (Wildman–Crippen MR) is 104 cm³/mol. The summed E-state index contributed by atoms with van der Waals surface area (Å²) in [5.41, 5.74) is 0.706. The molecule has 0 radical (unpaired) electrons. The Balaban J connectivity index is 1.55. The number of hydrogen-bond donors (Lipinski definition) is 1. The lowest BCUT2D eigenvalue weighted by Crippen LogP contribution is -2.43. The van der Waals surface area contributed by atoms with Crippen molar-refractivity contribution < 1.29 is 14.7 Å². The molecule has 1 aromatic rings. The first-order valence-corrected chi connectivity index (χ1v) is 9.95. The van der Waals surface area contributed by atoms with Crippen molar-refractivity contribution in [3.63, 3.8) is 0 Å². The molecule has 3 fully saturated rings. The van der Waals surface area contributed by atoms with E-state index in [1.54, 1.807) is 4.90 Å². The van der Waals surface area contributed by atoms with Crippen molar-refractivity contribution in [2.24, 2.45) is 11.3 Å². The van der Waals surface area contributed by atoms with Gasteiger partial charge in [-0.05, 0) is 25.0 Å². The Bertz CT molecular complexity index is 744. The van der Waals surface area contributed by atoms with Gasteiger partial charge >= 0.3 is 5.97 Å². The van der Waals surface area contributed by atoms with Gasteiger partial charge < -0.3 is 14.9 Å². The first-order chi connectivity index (χ1) is 12.9. The second kappa shape index (κ2) is 6.82. The van der Waals surface area contributed by atoms with E-state index >= 15 is 0 Å². The van der Waals surface area contributed by atoms with Gasteiger partial charge in [0.05, 0.1) is 5.56 Å². The molecule has 1 N–H and O–H groups in total. The molecule has 1 saturated carbocycles. The molecular weight excluding hydrogens is 342 g/mol. The van der Waals surface area contributed by atoms with Crippen molar-refractivity contribution >= 4 is 17.6 Å². The molecule has 3 aliphatic rings. The number of para-hydroxylation sites is 1. The molecule has 2 saturated heterocycles. The molecule has 146 valence electrons. The standard InChI is InChI=1S/C21H29N3O3/c1-22(2)18-10-6-5-9-17(18)19(25)24-12-15-11-23(16-7-3-4-8-16)13-21(15,14-24)20(26)27/h5-6,9-10,15-16H,3-4,7-8,11-14H2,1-2H3,(H,26,27)/t15-,21-/m0/s1. The molecule has 0 bridgehead atoms. The van der Waals surface area contributed by atoms with Gasteiger partial charge in [0.1, 0.15) is 5.41 Å². The van der Waals surface area contributed by atoms with Crippen molar-refractivity contribution in [3.05, 3.63) is 29.8 Å². The van der Waals surface area contributed by atoms with Crippen LogP contribution in [0.1, 0.15) is 36.0 Å². The van der Waals surface area contributed by atoms with E-state index in [-0.39, 0.29) is 11.8 Å². The maximum Gasteiger partial charge on any atom is 0.313 e. The molecule has 2 aliphatic heterocycles. The zero-order chi connectivity index (χ0) is 19.2. The van der Waals surface area contributed by atoms with Gasteiger partial charge in [-0.15, -0.1) is 0 Å². The fraction of sp³-hybridized carbons (Fsp3) is 0.619. The number of carboxylic acid groups (broad SMARTS) is 1. The molecule has 2 atom stereocenters. The number of anilines is 1. The van der Waals surface area contributed by atoms with Crippen LogP contribution in [0.3, 0.4) is 0 Å². The minimum Gasteiger partial charge on any atom is -0.481 e. The summed E-state index contributed by atoms with van der Waals surface area (Å²) in [5.74, 6) is -0.781. The zero-order valence-corrected chi connectivity index (χ0v) is 16.2. The number of carbonyl (C=O) groups excluding carboxylic acids is 1. The quantitative estimate of drug-likeness (QED) is 0.879. The van der Waals surface area contributed by atoms with E-state index in [9.17, 15) is 14.7 Å². The highest BCUT2D eigenvalue weighted by atomic mass is 16.4. The molecule has 4 rings (SSSR count). The Labute approximate surface area is 160 Å². The third kappa shape index (κ3) is 3.00. The average molecular weight is 371 g/mol. The van der Waals surface area contributed by atoms with Gasteiger partial charge in [-0.2, -0.15) is 0 Å². The number of likely N-dealkylation sites (tertiary alicyclic amines) is 2. The van der Waals surface area contributed by atoms with Crippen molar-refractivity contribution in [2.45, 2.75) is 31.7 Å². The number of fused-ring (bicyclic) bond motifs is 1. The lowest BCUT2D eigenvalue weighted by molar-refractivity contribution is -0.148. The first kappa shape index (κ1) is 18.3. The van der Waals surface area contributed by atoms with Crippen LogP contribution in [-0.2, 0) is 4.79 Å². The van der Waals surface area contributed by atoms with Crippen LogP contribution < -0.4 is 4.90 Å². The lowest BCUT2D eigenvalue weighted by Gasteiger charge is -2.29. The Morgan fingerprint density at radius 1 is 1.11 bits per heavy atom. The molecule has 0 spiro atoms. The maximum atomic E-state index is 13.2. The molecule has 6 nitrogen and oxygen atoms in total. The summed E-state index contributed by atoms with van der Waals surface area (Å²) in [6, 6.07) is 8.09. The number of carboxylic acids is 1. The highest BCUT2D eigenvalue weighted by Gasteiger charge is 2.59. The van der Waals surface area contributed by atoms with Gasteiger partial charge in [0.15, 0.2) is 0 Å². The van der Waals surface area contributed by atoms with Gasteiger partial charge in [-0.25, -0.2) is 0 Å². The number of benzene rings is 1. The van der Waals surface area contributed by atoms with Crippen LogP contribution in [0.15, 0.2) is 24.3 Å². The minimum atomic E-state index is -0.814. The maximum absolute atomic E-state index is 13.2. The van der Waals surface area contributed by atoms with E-state index in [1.165, 1.54) is 25.7 Å². The second-order valence-corrected chi connectivity index (χ2v) is 8.62. The van der Waals surface area contributed by atoms with Crippen LogP contribution in [0.25, 0.3) is 0 Å². The first-order valence-electron chi connectivity index (χ1n) is 9.95. The third-order valence-electron chi connectivity index (χ3n) is 6.81. The molecule has 1 aliphatic carbocycles. The molecule has 0 aromatic heterocycles. The average Bonchev–Trinajstić information content (AvgIpc) is 3.35. The van der Waals surface area contributed by atoms with Gasteiger partial charge in [-0.1, -0.05) is 25.0 Å². The summed E-state index contributed by atoms with van der Waals surface area (Å²) in [4.78, 5) is 31.6. The molecule has 0 unspecified atom stereocenters. The van der Waals surface area contributed by atoms with Crippen molar-refractivity contribution in [2.75, 3.05) is 45.2 Å². The van der Waals surface area contributed by atoms with Crippen LogP contribution >= 0.6 is 0 Å². The van der Waals surface area contributed by atoms with Gasteiger partial charge in [0.25, 0.3) is 5.91 Å². The van der Waals surface area contributed by atoms with Crippen LogP contribution in [0.4, 0.5) is 5.69 Å². The highest BCUT2D eigenvalue weighted by molar-refractivity contribution is 6.00. The highest BCUT2D eigenvalue weighted by Crippen LogP contribution is 2.45. The van der Waals surface area contributed by atoms with Gasteiger partial charge in [0.2, 0.25) is 0 Å². The number of hydrogen-bond acceptors (Lipinski definition) is 4. The van der Waals surface area contributed by atoms with E-state index < -0.39 is 11.4 Å². The Morgan fingerprint density at radius 3 is 2.44 bits per heavy atom. The smallest absolute Gasteiger partial charge is 0.313 e. The van der Waals surface area contributed by atoms with E-state index in [0.29, 0.717) is 31.2 Å². The Kier molecular flexibility index (Phi) is 4.62. The van der Waals surface area contributed by atoms with Crippen LogP contribution in [0.5, 0.6) is 0 Å². The summed E-state index contributed by atoms with van der Waals surface area (Å²) in [7, 11) is 3.84. The van der Waals surface area contributed by atoms with E-state index in [2.05, 4.69) is 4.90 Å². The summed E-state index contributed by atoms with van der Waals surface area (Å²) in [6.45, 7) is 2.24. The van der Waals surface area contributed by atoms with Crippen molar-refractivity contribution in [3.8, 4) is 0 Å². The SMILES string of the molecule is CN(C)c1ccccc1C(=O)N1C[C@@H]2CN(C3CCCC3)C[C@]2(C(=O)O)C1. The van der Waals surface area contributed by atoms with E-state index in [0.717, 1.165) is 12.2 Å². The van der Waals surface area contributed by atoms with Gasteiger partial charge in [0, 0.05) is 57.9 Å². The summed E-state index contributed by atoms with van der Waals surface area (Å²) in [6.07, 6.45) is 4.86. The van der Waals surface area contributed by atoms with Crippen molar-refractivity contribution in [1.29, 1.82) is 0 Å². The number of amides is 1. The Hall–Kier alpha value is -2.08. The number of nitrogens with zero attached hydrogens (tertiary/aromatic N) is 3. The largest absolute Gasteiger partial charge is 0.481 e. The number of carbonyl (C=O) groups is 2. The number of rotatable bonds is 4. The third-order valence-corrected chi connectivity index (χ3v) is 6.81. The van der Waals surface area contributed by atoms with Crippen LogP contribution in [0, 0.1) is 11.3 Å². The molecule has 6 heteroatoms. The molecule has 1 amide bonds. The zero-order valence-electron chi connectivity index (χ0n) is 16.2. The van der Waals surface area contributed by atoms with Gasteiger partial charge in [-0.3, -0.25) is 14.5 Å². The van der Waals surface area contributed by atoms with Crippen LogP contribution in [0.2, 0.25) is 0 Å². The topological polar surface area (TPSA) is 64.1 Å². The summed E-state index contributed by atoms with van der Waals surface area (Å²) in [5, 5.41) is 10.1. The molecule has 1 aromatic carbocycles. The molecular formula is C21H29N3O3. The fourth-order valence-corrected chi connectivity index (χ4v) is 5.32. The predicted octanol–water partition coefficient (Wildman–Crippen LogP) is 2.15. The fourth-order valence-electron chi connectivity index (χ4n) is 5.32. The summed E-state index contributed by atoms with van der Waals surface area (Å²) < 4.78 is 0.